The van der Waals surface area contributed by atoms with Crippen molar-refractivity contribution in [1.29, 1.82) is 0 Å². The molecule has 18 nitrogen and oxygen atoms in total. The monoisotopic (exact) mass is 1550 g/mol. The van der Waals surface area contributed by atoms with Crippen molar-refractivity contribution in [2.75, 3.05) is 52.4 Å². The zero-order valence-electron chi connectivity index (χ0n) is 71.1. The Balaban J connectivity index is 0.00000148. The number of carbonyl (C=O) groups excluding carboxylic acids is 4. The van der Waals surface area contributed by atoms with E-state index in [1.165, 1.54) is 192 Å². The van der Waals surface area contributed by atoms with Gasteiger partial charge < -0.3 is 70.1 Å². The van der Waals surface area contributed by atoms with Crippen molar-refractivity contribution in [2.45, 2.75) is 387 Å². The predicted molar refractivity (Wildman–Crippen MR) is 443 cm³/mol. The number of aliphatic hydroxyl groups excluding tert-OH is 4. The topological polar surface area (TPSA) is 298 Å². The summed E-state index contributed by atoms with van der Waals surface area (Å²) >= 11 is 3.22. The molecule has 4 heterocycles. The Morgan fingerprint density at radius 3 is 0.981 bits per heavy atom. The largest absolute Gasteiger partial charge is 0.550 e. The number of carboxylic acid groups (broad SMARTS) is 2. The number of hydrogen-bond acceptors (Lipinski definition) is 18. The van der Waals surface area contributed by atoms with Crippen LogP contribution >= 0.6 is 22.7 Å². The highest BCUT2D eigenvalue weighted by Gasteiger charge is 2.53. The van der Waals surface area contributed by atoms with Crippen LogP contribution in [0.2, 0.25) is 0 Å². The lowest BCUT2D eigenvalue weighted by Crippen LogP contribution is -2.50. The minimum atomic E-state index is -1.42. The zero-order valence-corrected chi connectivity index (χ0v) is 72.7. The SMILES string of the molecule is C.C/C(=C\c1csc(C)n1)C(N)CC1O[C@]1(C)CCC[C@H](C)[C@H](O)[C@@H](C)C(=O)C(C)(C)[C@@H](O)CC(=O)[O-].C/C(=C\c1csc(C)n1)C(N)CC1O[C@]1(C)CCC[C@H](C)[C@H](O)[C@@H](C)C(=O)C(C)(C)[C@@H](O)CC(=O)[O-].CCCC[N+](CCCC)(CCCC)CCCC.CCCC[N+](CCCC)(CCCC)CCCC. The van der Waals surface area contributed by atoms with E-state index < -0.39 is 71.9 Å². The summed E-state index contributed by atoms with van der Waals surface area (Å²) in [6, 6.07) is -0.218. The molecule has 624 valence electrons. The van der Waals surface area contributed by atoms with E-state index in [1.807, 2.05) is 64.5 Å². The minimum absolute atomic E-state index is 0. The van der Waals surface area contributed by atoms with Gasteiger partial charge in [-0.3, -0.25) is 9.59 Å². The van der Waals surface area contributed by atoms with Crippen molar-refractivity contribution < 1.29 is 68.3 Å². The quantitative estimate of drug-likeness (QED) is 0.0265. The Bertz CT molecular complexity index is 2580. The number of thiazole rings is 2. The number of unbranched alkanes of at least 4 members (excludes halogenated alkanes) is 8. The molecule has 2 aliphatic rings. The summed E-state index contributed by atoms with van der Waals surface area (Å²) < 4.78 is 14.8. The van der Waals surface area contributed by atoms with E-state index in [4.69, 9.17) is 20.9 Å². The molecule has 2 saturated heterocycles. The van der Waals surface area contributed by atoms with Crippen LogP contribution in [0.15, 0.2) is 21.9 Å². The highest BCUT2D eigenvalue weighted by molar-refractivity contribution is 7.09. The Labute approximate surface area is 661 Å². The number of ketones is 2. The summed E-state index contributed by atoms with van der Waals surface area (Å²) in [6.45, 7) is 55.3. The number of epoxide rings is 2. The number of aliphatic carboxylic acids is 2. The molecular weight excluding hydrogens is 1390 g/mol. The van der Waals surface area contributed by atoms with E-state index >= 15 is 0 Å². The first-order valence-corrected chi connectivity index (χ1v) is 43.4. The van der Waals surface area contributed by atoms with Gasteiger partial charge in [0.15, 0.2) is 0 Å². The number of aromatic nitrogens is 2. The molecule has 0 bridgehead atoms. The van der Waals surface area contributed by atoms with Gasteiger partial charge in [-0.15, -0.1) is 22.7 Å². The summed E-state index contributed by atoms with van der Waals surface area (Å²) in [5, 5.41) is 69.7. The third-order valence-corrected chi connectivity index (χ3v) is 25.0. The molecule has 2 aromatic rings. The normalized spacial score (nSPS) is 20.4. The summed E-state index contributed by atoms with van der Waals surface area (Å²) in [5.41, 5.74) is 13.7. The second-order valence-corrected chi connectivity index (χ2v) is 36.0. The van der Waals surface area contributed by atoms with E-state index in [0.29, 0.717) is 12.8 Å². The second-order valence-electron chi connectivity index (χ2n) is 33.8. The standard InChI is InChI=1S/2C27H44N2O6S.2C16H36N.CH4/c2*1-15(24(33)17(3)25(34)26(5,6)21(30)13-23(31)32)9-8-10-27(7)22(35-27)12-20(28)16(2)11-19-14-36-18(4)29-19;2*1-5-9-13-17(14-10-6-2,15-11-7-3)16-12-8-4;/h2*11,14-15,17,20-22,24,30,33H,8-10,12-13,28H2,1-7H3,(H,31,32);2*5-16H2,1-4H3;1H4/q;;2*+1;/p-2/b2*16-11+;;;/t2*15-,17+,20?,21-,22?,24-,27+;;;/m00.../s1. The van der Waals surface area contributed by atoms with Gasteiger partial charge in [-0.25, -0.2) is 9.97 Å². The first kappa shape index (κ1) is 104. The molecule has 0 aliphatic carbocycles. The summed E-state index contributed by atoms with van der Waals surface area (Å²) in [7, 11) is 0. The van der Waals surface area contributed by atoms with Crippen LogP contribution in [0.1, 0.15) is 334 Å². The highest BCUT2D eigenvalue weighted by atomic mass is 32.1. The van der Waals surface area contributed by atoms with Gasteiger partial charge in [0.1, 0.15) is 11.6 Å². The van der Waals surface area contributed by atoms with Crippen LogP contribution < -0.4 is 21.7 Å². The first-order chi connectivity index (χ1) is 49.6. The van der Waals surface area contributed by atoms with Gasteiger partial charge in [-0.1, -0.05) is 194 Å². The molecule has 2 aliphatic heterocycles. The van der Waals surface area contributed by atoms with Crippen LogP contribution in [0.25, 0.3) is 12.2 Å². The molecule has 20 heteroatoms. The van der Waals surface area contributed by atoms with Crippen molar-refractivity contribution in [3.63, 3.8) is 0 Å². The Kier molecular flexibility index (Phi) is 50.5. The van der Waals surface area contributed by atoms with Gasteiger partial charge in [0.05, 0.1) is 122 Å². The van der Waals surface area contributed by atoms with Crippen molar-refractivity contribution in [1.82, 2.24) is 9.97 Å². The van der Waals surface area contributed by atoms with Crippen LogP contribution in [0.5, 0.6) is 0 Å². The molecule has 2 fully saturated rings. The average molecular weight is 1550 g/mol. The van der Waals surface area contributed by atoms with E-state index in [1.54, 1.807) is 36.5 Å². The van der Waals surface area contributed by atoms with Gasteiger partial charge in [-0.05, 0) is 155 Å². The summed E-state index contributed by atoms with van der Waals surface area (Å²) in [6.07, 6.45) is 26.7. The van der Waals surface area contributed by atoms with E-state index in [2.05, 4.69) is 79.2 Å². The Morgan fingerprint density at radius 2 is 0.766 bits per heavy atom. The maximum Gasteiger partial charge on any atom is 0.146 e. The van der Waals surface area contributed by atoms with Gasteiger partial charge in [0, 0.05) is 70.3 Å². The molecular formula is C87H162N6O12S2. The Hall–Kier alpha value is -3.38. The Morgan fingerprint density at radius 1 is 0.514 bits per heavy atom. The lowest BCUT2D eigenvalue weighted by molar-refractivity contribution is -0.929. The molecule has 0 aromatic carbocycles. The molecule has 14 atom stereocenters. The molecule has 4 rings (SSSR count). The molecule has 0 saturated carbocycles. The van der Waals surface area contributed by atoms with E-state index in [9.17, 15) is 49.8 Å². The summed E-state index contributed by atoms with van der Waals surface area (Å²) in [4.78, 5) is 56.4. The predicted octanol–water partition coefficient (Wildman–Crippen LogP) is 15.9. The van der Waals surface area contributed by atoms with Gasteiger partial charge in [0.25, 0.3) is 0 Å². The number of hydrogen-bond donors (Lipinski definition) is 6. The number of Topliss-reactive ketones (excluding diaryl/α,β-unsaturated/α-hetero) is 2. The van der Waals surface area contributed by atoms with Gasteiger partial charge >= 0.3 is 0 Å². The number of ether oxygens (including phenoxy) is 2. The maximum atomic E-state index is 12.9. The summed E-state index contributed by atoms with van der Waals surface area (Å²) in [5.74, 6) is -5.32. The number of rotatable bonds is 54. The minimum Gasteiger partial charge on any atom is -0.550 e. The van der Waals surface area contributed by atoms with Crippen LogP contribution in [0.4, 0.5) is 0 Å². The van der Waals surface area contributed by atoms with Crippen molar-refractivity contribution in [3.8, 4) is 0 Å². The molecule has 2 aromatic heterocycles. The number of quaternary nitrogens is 2. The van der Waals surface area contributed by atoms with Gasteiger partial charge in [-0.2, -0.15) is 0 Å². The molecule has 4 unspecified atom stereocenters. The number of aryl methyl sites for hydroxylation is 2. The van der Waals surface area contributed by atoms with Crippen LogP contribution in [0.3, 0.4) is 0 Å². The van der Waals surface area contributed by atoms with Crippen LogP contribution in [0, 0.1) is 48.3 Å². The number of aliphatic hydroxyl groups is 4. The third-order valence-electron chi connectivity index (χ3n) is 23.4. The second kappa shape index (κ2) is 52.1. The number of nitrogens with zero attached hydrogens (tertiary/aromatic N) is 4. The maximum absolute atomic E-state index is 12.9. The lowest BCUT2D eigenvalue weighted by Gasteiger charge is -2.39. The molecule has 0 amide bonds. The lowest BCUT2D eigenvalue weighted by atomic mass is 9.73. The zero-order chi connectivity index (χ0) is 80.8. The fraction of sp³-hybridized carbons (Fsp3) is 0.839. The number of carbonyl (C=O) groups is 4. The molecule has 0 spiro atoms. The number of carboxylic acids is 2. The van der Waals surface area contributed by atoms with Gasteiger partial charge in [0.2, 0.25) is 0 Å². The third kappa shape index (κ3) is 37.4. The van der Waals surface area contributed by atoms with Crippen molar-refractivity contribution in [3.05, 3.63) is 43.3 Å². The molecule has 107 heavy (non-hydrogen) atoms. The van der Waals surface area contributed by atoms with Crippen molar-refractivity contribution >= 4 is 58.3 Å². The molecule has 8 N–H and O–H groups in total. The van der Waals surface area contributed by atoms with E-state index in [0.717, 1.165) is 71.1 Å². The number of nitrogens with two attached hydrogens (primary N) is 2. The first-order valence-electron chi connectivity index (χ1n) is 41.6. The van der Waals surface area contributed by atoms with Crippen molar-refractivity contribution in [2.24, 2.45) is 46.0 Å². The fourth-order valence-corrected chi connectivity index (χ4v) is 16.0. The van der Waals surface area contributed by atoms with Crippen LogP contribution in [-0.2, 0) is 28.7 Å². The fourth-order valence-electron chi connectivity index (χ4n) is 14.8. The van der Waals surface area contributed by atoms with Crippen LogP contribution in [-0.4, -0.2) is 175 Å². The smallest absolute Gasteiger partial charge is 0.146 e. The highest BCUT2D eigenvalue weighted by Crippen LogP contribution is 2.46. The molecule has 0 radical (unpaired) electrons. The van der Waals surface area contributed by atoms with E-state index in [-0.39, 0.29) is 66.3 Å². The average Bonchev–Trinajstić information content (AvgIpc) is 1.65.